The Kier molecular flexibility index (Phi) is 0.868. The van der Waals surface area contributed by atoms with Crippen molar-refractivity contribution in [3.8, 4) is 0 Å². The second-order valence-electron chi connectivity index (χ2n) is 3.96. The Balaban J connectivity index is 1.98. The second-order valence-corrected chi connectivity index (χ2v) is 3.96. The molecule has 4 rings (SSSR count). The molecule has 5 unspecified atom stereocenters. The van der Waals surface area contributed by atoms with E-state index in [4.69, 9.17) is 4.74 Å². The number of fused-ring (bicyclic) bond motifs is 1. The summed E-state index contributed by atoms with van der Waals surface area (Å²) < 4.78 is 5.39. The molecule has 0 amide bonds. The molecule has 2 aliphatic carbocycles. The van der Waals surface area contributed by atoms with E-state index in [-0.39, 0.29) is 0 Å². The predicted octanol–water partition coefficient (Wildman–Crippen LogP) is 0.750. The van der Waals surface area contributed by atoms with Crippen LogP contribution in [-0.4, -0.2) is 17.5 Å². The highest BCUT2D eigenvalue weighted by Gasteiger charge is 2.54. The lowest BCUT2D eigenvalue weighted by molar-refractivity contribution is -0.226. The van der Waals surface area contributed by atoms with Gasteiger partial charge in [-0.3, -0.25) is 0 Å². The molecule has 0 aromatic carbocycles. The van der Waals surface area contributed by atoms with Crippen LogP contribution in [0.4, 0.5) is 0 Å². The Morgan fingerprint density at radius 3 is 2.50 bits per heavy atom. The molecule has 0 radical (unpaired) electrons. The Labute approximate surface area is 60.2 Å². The molecule has 4 fully saturated rings. The molecule has 4 bridgehead atoms. The van der Waals surface area contributed by atoms with Gasteiger partial charge in [-0.05, 0) is 31.1 Å². The number of hydrogen-bond donors (Lipinski definition) is 1. The zero-order valence-corrected chi connectivity index (χ0v) is 5.86. The van der Waals surface area contributed by atoms with Gasteiger partial charge in [-0.2, -0.15) is 0 Å². The van der Waals surface area contributed by atoms with Crippen LogP contribution in [0, 0.1) is 17.8 Å². The maximum atomic E-state index is 9.37. The van der Waals surface area contributed by atoms with Crippen molar-refractivity contribution in [2.45, 2.75) is 31.7 Å². The summed E-state index contributed by atoms with van der Waals surface area (Å²) in [5.74, 6) is 2.10. The average Bonchev–Trinajstić information content (AvgIpc) is 2.41. The molecule has 0 aromatic heterocycles. The Morgan fingerprint density at radius 1 is 1.10 bits per heavy atom. The minimum Gasteiger partial charge on any atom is -0.368 e. The summed E-state index contributed by atoms with van der Waals surface area (Å²) in [6, 6.07) is 0. The van der Waals surface area contributed by atoms with Gasteiger partial charge in [0, 0.05) is 5.92 Å². The van der Waals surface area contributed by atoms with Gasteiger partial charge >= 0.3 is 0 Å². The third-order valence-electron chi connectivity index (χ3n) is 3.53. The van der Waals surface area contributed by atoms with Crippen molar-refractivity contribution in [2.24, 2.45) is 17.8 Å². The van der Waals surface area contributed by atoms with E-state index in [1.54, 1.807) is 0 Å². The molecule has 2 nitrogen and oxygen atoms in total. The van der Waals surface area contributed by atoms with Crippen LogP contribution in [0.3, 0.4) is 0 Å². The topological polar surface area (TPSA) is 29.5 Å². The van der Waals surface area contributed by atoms with Gasteiger partial charge in [0.15, 0.2) is 6.29 Å². The third-order valence-corrected chi connectivity index (χ3v) is 3.53. The van der Waals surface area contributed by atoms with Gasteiger partial charge in [-0.1, -0.05) is 0 Å². The summed E-state index contributed by atoms with van der Waals surface area (Å²) in [4.78, 5) is 0. The van der Waals surface area contributed by atoms with E-state index in [9.17, 15) is 5.11 Å². The van der Waals surface area contributed by atoms with Crippen molar-refractivity contribution in [1.29, 1.82) is 0 Å². The molecular weight excluding hydrogens is 128 g/mol. The number of aliphatic hydroxyl groups is 1. The van der Waals surface area contributed by atoms with Crippen LogP contribution in [0.5, 0.6) is 0 Å². The lowest BCUT2D eigenvalue weighted by Gasteiger charge is -2.39. The third kappa shape index (κ3) is 0.487. The smallest absolute Gasteiger partial charge is 0.158 e. The molecule has 56 valence electrons. The Morgan fingerprint density at radius 2 is 2.00 bits per heavy atom. The quantitative estimate of drug-likeness (QED) is 0.538. The molecule has 1 N–H and O–H groups in total. The summed E-state index contributed by atoms with van der Waals surface area (Å²) in [7, 11) is 0. The monoisotopic (exact) mass is 140 g/mol. The van der Waals surface area contributed by atoms with Gasteiger partial charge in [0.05, 0.1) is 6.10 Å². The zero-order chi connectivity index (χ0) is 6.72. The number of rotatable bonds is 0. The van der Waals surface area contributed by atoms with E-state index in [1.807, 2.05) is 0 Å². The fraction of sp³-hybridized carbons (Fsp3) is 1.00. The maximum absolute atomic E-state index is 9.37. The van der Waals surface area contributed by atoms with Crippen molar-refractivity contribution in [1.82, 2.24) is 0 Å². The number of aliphatic hydroxyl groups excluding tert-OH is 1. The van der Waals surface area contributed by atoms with Gasteiger partial charge in [0.2, 0.25) is 0 Å². The van der Waals surface area contributed by atoms with Crippen molar-refractivity contribution in [2.75, 3.05) is 0 Å². The van der Waals surface area contributed by atoms with Gasteiger partial charge in [0.1, 0.15) is 0 Å². The van der Waals surface area contributed by atoms with Crippen LogP contribution < -0.4 is 0 Å². The molecule has 2 saturated carbocycles. The van der Waals surface area contributed by atoms with E-state index in [0.717, 1.165) is 11.8 Å². The van der Waals surface area contributed by atoms with Crippen molar-refractivity contribution in [3.05, 3.63) is 0 Å². The fourth-order valence-corrected chi connectivity index (χ4v) is 3.06. The van der Waals surface area contributed by atoms with Crippen LogP contribution in [-0.2, 0) is 4.74 Å². The van der Waals surface area contributed by atoms with Crippen LogP contribution in [0.1, 0.15) is 19.3 Å². The Bertz CT molecular complexity index is 167. The first-order valence-electron chi connectivity index (χ1n) is 4.18. The SMILES string of the molecule is OC1OC2CC3CC2CC31. The molecule has 2 saturated heterocycles. The molecular formula is C8H12O2. The molecule has 0 spiro atoms. The zero-order valence-electron chi connectivity index (χ0n) is 5.86. The predicted molar refractivity (Wildman–Crippen MR) is 35.2 cm³/mol. The lowest BCUT2D eigenvalue weighted by atomic mass is 9.84. The first-order chi connectivity index (χ1) is 4.84. The van der Waals surface area contributed by atoms with Crippen molar-refractivity contribution >= 4 is 0 Å². The van der Waals surface area contributed by atoms with E-state index >= 15 is 0 Å². The summed E-state index contributed by atoms with van der Waals surface area (Å²) in [6.45, 7) is 0. The van der Waals surface area contributed by atoms with Crippen molar-refractivity contribution < 1.29 is 9.84 Å². The minimum atomic E-state index is -0.414. The molecule has 5 atom stereocenters. The highest BCUT2D eigenvalue weighted by atomic mass is 16.6. The second kappa shape index (κ2) is 1.56. The largest absolute Gasteiger partial charge is 0.368 e. The molecule has 2 heteroatoms. The minimum absolute atomic E-state index is 0.414. The normalized spacial score (nSPS) is 63.9. The standard InChI is InChI=1S/C8H12O2/c9-8-6-2-5-1-4(6)3-7(5)10-8/h4-9H,1-3H2. The van der Waals surface area contributed by atoms with Gasteiger partial charge in [0.25, 0.3) is 0 Å². The summed E-state index contributed by atoms with van der Waals surface area (Å²) >= 11 is 0. The summed E-state index contributed by atoms with van der Waals surface area (Å²) in [5, 5.41) is 9.37. The van der Waals surface area contributed by atoms with Crippen LogP contribution in [0.15, 0.2) is 0 Å². The van der Waals surface area contributed by atoms with Crippen LogP contribution >= 0.6 is 0 Å². The van der Waals surface area contributed by atoms with Crippen LogP contribution in [0.2, 0.25) is 0 Å². The summed E-state index contributed by atoms with van der Waals surface area (Å²) in [6.07, 6.45) is 3.79. The number of ether oxygens (including phenoxy) is 1. The molecule has 2 heterocycles. The fourth-order valence-electron chi connectivity index (χ4n) is 3.06. The molecule has 10 heavy (non-hydrogen) atoms. The van der Waals surface area contributed by atoms with Gasteiger partial charge < -0.3 is 9.84 Å². The van der Waals surface area contributed by atoms with Crippen LogP contribution in [0.25, 0.3) is 0 Å². The molecule has 2 aliphatic heterocycles. The van der Waals surface area contributed by atoms with E-state index in [0.29, 0.717) is 12.0 Å². The first-order valence-corrected chi connectivity index (χ1v) is 4.18. The molecule has 4 aliphatic rings. The van der Waals surface area contributed by atoms with E-state index in [1.165, 1.54) is 19.3 Å². The Hall–Kier alpha value is -0.0800. The highest BCUT2D eigenvalue weighted by Crippen LogP contribution is 2.55. The van der Waals surface area contributed by atoms with E-state index < -0.39 is 6.29 Å². The summed E-state index contributed by atoms with van der Waals surface area (Å²) in [5.41, 5.74) is 0. The molecule has 0 aromatic rings. The number of hydrogen-bond acceptors (Lipinski definition) is 2. The average molecular weight is 140 g/mol. The first kappa shape index (κ1) is 5.56. The van der Waals surface area contributed by atoms with Gasteiger partial charge in [-0.25, -0.2) is 0 Å². The maximum Gasteiger partial charge on any atom is 0.158 e. The highest BCUT2D eigenvalue weighted by molar-refractivity contribution is 5.00. The lowest BCUT2D eigenvalue weighted by Crippen LogP contribution is -2.42. The van der Waals surface area contributed by atoms with E-state index in [2.05, 4.69) is 0 Å². The van der Waals surface area contributed by atoms with Gasteiger partial charge in [-0.15, -0.1) is 0 Å². The van der Waals surface area contributed by atoms with Crippen molar-refractivity contribution in [3.63, 3.8) is 0 Å².